The molecule has 2 aliphatic rings. The maximum Gasteiger partial charge on any atom is 0.293 e. The lowest BCUT2D eigenvalue weighted by Gasteiger charge is -2.48. The van der Waals surface area contributed by atoms with Crippen LogP contribution in [0, 0.1) is 10.1 Å². The van der Waals surface area contributed by atoms with Crippen molar-refractivity contribution in [2.45, 2.75) is 47.2 Å². The molecular formula is C44H48N6O5S2. The third-order valence-electron chi connectivity index (χ3n) is 10.7. The van der Waals surface area contributed by atoms with Crippen molar-refractivity contribution in [1.82, 2.24) is 14.5 Å². The topological polar surface area (TPSA) is 128 Å². The zero-order valence-electron chi connectivity index (χ0n) is 32.2. The first-order chi connectivity index (χ1) is 27.6. The summed E-state index contributed by atoms with van der Waals surface area (Å²) in [5.74, 6) is -0.143. The Bertz CT molecular complexity index is 2240. The number of nitrogens with one attached hydrogen (secondary N) is 2. The second kappa shape index (κ2) is 17.9. The number of sulfonamides is 1. The normalized spacial score (nSPS) is 16.1. The average molecular weight is 805 g/mol. The van der Waals surface area contributed by atoms with Crippen molar-refractivity contribution in [2.24, 2.45) is 0 Å². The Morgan fingerprint density at radius 3 is 2.21 bits per heavy atom. The maximum absolute atomic E-state index is 13.5. The zero-order chi connectivity index (χ0) is 39.9. The van der Waals surface area contributed by atoms with E-state index in [1.807, 2.05) is 67.5 Å². The number of anilines is 2. The number of hydrogen-bond donors (Lipinski definition) is 2. The molecule has 57 heavy (non-hydrogen) atoms. The van der Waals surface area contributed by atoms with E-state index in [4.69, 9.17) is 0 Å². The lowest BCUT2D eigenvalue weighted by atomic mass is 9.90. The van der Waals surface area contributed by atoms with Gasteiger partial charge in [-0.25, -0.2) is 13.1 Å². The molecule has 7 rings (SSSR count). The number of fused-ring (bicyclic) bond motifs is 3. The Kier molecular flexibility index (Phi) is 12.6. The Morgan fingerprint density at radius 1 is 0.895 bits per heavy atom. The van der Waals surface area contributed by atoms with E-state index in [2.05, 4.69) is 68.4 Å². The number of nitrogens with zero attached hydrogens (tertiary/aromatic N) is 4. The average Bonchev–Trinajstić information content (AvgIpc) is 3.22. The minimum Gasteiger partial charge on any atom is -0.376 e. The summed E-state index contributed by atoms with van der Waals surface area (Å²) in [4.78, 5) is 32.9. The molecule has 0 radical (unpaired) electrons. The number of piperazine rings is 1. The number of thioether (sulfide) groups is 1. The van der Waals surface area contributed by atoms with E-state index >= 15 is 0 Å². The van der Waals surface area contributed by atoms with Crippen LogP contribution in [-0.2, 0) is 16.4 Å². The zero-order valence-corrected chi connectivity index (χ0v) is 33.8. The van der Waals surface area contributed by atoms with Gasteiger partial charge >= 0.3 is 0 Å². The van der Waals surface area contributed by atoms with Crippen molar-refractivity contribution in [3.8, 4) is 0 Å². The van der Waals surface area contributed by atoms with E-state index in [1.54, 1.807) is 23.9 Å². The van der Waals surface area contributed by atoms with Crippen molar-refractivity contribution in [3.63, 3.8) is 0 Å². The predicted molar refractivity (Wildman–Crippen MR) is 228 cm³/mol. The van der Waals surface area contributed by atoms with Crippen molar-refractivity contribution in [3.05, 3.63) is 160 Å². The van der Waals surface area contributed by atoms with E-state index in [9.17, 15) is 23.3 Å². The third-order valence-corrected chi connectivity index (χ3v) is 13.2. The van der Waals surface area contributed by atoms with Crippen molar-refractivity contribution in [1.29, 1.82) is 0 Å². The van der Waals surface area contributed by atoms with E-state index in [-0.39, 0.29) is 33.9 Å². The molecule has 0 spiro atoms. The fraction of sp³-hybridized carbons (Fsp3) is 0.295. The molecule has 5 aromatic carbocycles. The van der Waals surface area contributed by atoms with Gasteiger partial charge in [0.15, 0.2) is 0 Å². The molecule has 1 amide bonds. The van der Waals surface area contributed by atoms with Crippen LogP contribution >= 0.6 is 11.8 Å². The van der Waals surface area contributed by atoms with Gasteiger partial charge in [0.1, 0.15) is 5.69 Å². The van der Waals surface area contributed by atoms with Crippen molar-refractivity contribution in [2.75, 3.05) is 56.2 Å². The Labute approximate surface area is 339 Å². The molecule has 2 N–H and O–H groups in total. The molecule has 2 heterocycles. The maximum atomic E-state index is 13.5. The van der Waals surface area contributed by atoms with Crippen LogP contribution in [0.25, 0.3) is 0 Å². The highest BCUT2D eigenvalue weighted by molar-refractivity contribution is 7.99. The summed E-state index contributed by atoms with van der Waals surface area (Å²) in [6.07, 6.45) is 2.36. The molecule has 0 unspecified atom stereocenters. The van der Waals surface area contributed by atoms with Gasteiger partial charge in [-0.15, -0.1) is 11.8 Å². The molecule has 0 bridgehead atoms. The molecule has 2 aliphatic heterocycles. The van der Waals surface area contributed by atoms with E-state index in [1.165, 1.54) is 23.3 Å². The highest BCUT2D eigenvalue weighted by Gasteiger charge is 2.36. The molecule has 0 saturated carbocycles. The Morgan fingerprint density at radius 2 is 1.56 bits per heavy atom. The Balaban J connectivity index is 1.03. The number of rotatable bonds is 15. The first-order valence-electron chi connectivity index (χ1n) is 19.2. The standard InChI is InChI=1S/C44H48N6O5S2/c1-47(2)25-24-36(31-56-38-16-10-5-11-17-38)45-40-22-21-39(29-42(40)50(52)53)57(54,55)46-44(51)35-19-23-41-34(28-35)18-20-37-30-48(26-27-49(37)41)43(32-12-6-3-7-13-32)33-14-8-4-9-15-33/h3-17,19,21-23,28-29,36-37,43,45H,18,20,24-27,30-31H2,1-2H3,(H,46,51)/t36-,37-/m1/s1. The summed E-state index contributed by atoms with van der Waals surface area (Å²) in [5, 5.41) is 15.5. The quantitative estimate of drug-likeness (QED) is 0.0626. The lowest BCUT2D eigenvalue weighted by Crippen LogP contribution is -2.55. The number of carbonyl (C=O) groups excluding carboxylic acids is 1. The van der Waals surface area contributed by atoms with Gasteiger partial charge in [-0.1, -0.05) is 78.9 Å². The molecule has 5 aromatic rings. The number of aryl methyl sites for hydroxylation is 1. The van der Waals surface area contributed by atoms with Crippen LogP contribution < -0.4 is 14.9 Å². The van der Waals surface area contributed by atoms with Gasteiger partial charge in [-0.05, 0) is 99.1 Å². The minimum atomic E-state index is -4.44. The number of amides is 1. The van der Waals surface area contributed by atoms with Gasteiger partial charge in [-0.3, -0.25) is 19.8 Å². The molecule has 1 fully saturated rings. The Hall–Kier alpha value is -5.21. The van der Waals surface area contributed by atoms with Gasteiger partial charge in [0.05, 0.1) is 15.9 Å². The van der Waals surface area contributed by atoms with Crippen molar-refractivity contribution < 1.29 is 18.1 Å². The summed E-state index contributed by atoms with van der Waals surface area (Å²) in [7, 11) is -0.504. The van der Waals surface area contributed by atoms with Gasteiger partial charge in [0, 0.05) is 59.7 Å². The monoisotopic (exact) mass is 804 g/mol. The van der Waals surface area contributed by atoms with Gasteiger partial charge in [0.2, 0.25) is 0 Å². The number of benzene rings is 5. The lowest BCUT2D eigenvalue weighted by molar-refractivity contribution is -0.384. The number of nitro benzene ring substituents is 1. The molecule has 1 saturated heterocycles. The van der Waals surface area contributed by atoms with Gasteiger partial charge < -0.3 is 15.1 Å². The summed E-state index contributed by atoms with van der Waals surface area (Å²) in [6.45, 7) is 3.32. The summed E-state index contributed by atoms with van der Waals surface area (Å²) in [5.41, 5.74) is 4.63. The first kappa shape index (κ1) is 40.0. The smallest absolute Gasteiger partial charge is 0.293 e. The second-order valence-corrected chi connectivity index (χ2v) is 17.7. The second-order valence-electron chi connectivity index (χ2n) is 14.9. The van der Waals surface area contributed by atoms with Crippen LogP contribution in [-0.4, -0.2) is 87.2 Å². The fourth-order valence-electron chi connectivity index (χ4n) is 7.83. The summed E-state index contributed by atoms with van der Waals surface area (Å²) in [6, 6.07) is 40.5. The van der Waals surface area contributed by atoms with E-state index < -0.39 is 20.9 Å². The molecular weight excluding hydrogens is 757 g/mol. The predicted octanol–water partition coefficient (Wildman–Crippen LogP) is 7.46. The number of nitro groups is 1. The number of carbonyl (C=O) groups is 1. The van der Waals surface area contributed by atoms with Crippen LogP contribution in [0.15, 0.2) is 137 Å². The highest BCUT2D eigenvalue weighted by atomic mass is 32.2. The molecule has 2 atom stereocenters. The molecule has 296 valence electrons. The minimum absolute atomic E-state index is 0.137. The fourth-order valence-corrected chi connectivity index (χ4v) is 9.82. The van der Waals surface area contributed by atoms with E-state index in [0.717, 1.165) is 61.2 Å². The van der Waals surface area contributed by atoms with Gasteiger partial charge in [0.25, 0.3) is 21.6 Å². The molecule has 11 nitrogen and oxygen atoms in total. The SMILES string of the molecule is CN(C)CC[C@H](CSc1ccccc1)Nc1ccc(S(=O)(=O)NC(=O)c2ccc3c(c2)CC[C@@H]2CN(C(c4ccccc4)c4ccccc4)CCN32)cc1[N+](=O)[O-]. The van der Waals surface area contributed by atoms with Crippen LogP contribution in [0.2, 0.25) is 0 Å². The largest absolute Gasteiger partial charge is 0.376 e. The van der Waals surface area contributed by atoms with Gasteiger partial charge in [-0.2, -0.15) is 0 Å². The first-order valence-corrected chi connectivity index (χ1v) is 21.7. The van der Waals surface area contributed by atoms with E-state index in [0.29, 0.717) is 18.2 Å². The van der Waals surface area contributed by atoms with Crippen LogP contribution in [0.3, 0.4) is 0 Å². The summed E-state index contributed by atoms with van der Waals surface area (Å²) < 4.78 is 29.2. The van der Waals surface area contributed by atoms with Crippen LogP contribution in [0.1, 0.15) is 45.9 Å². The molecule has 0 aliphatic carbocycles. The summed E-state index contributed by atoms with van der Waals surface area (Å²) >= 11 is 1.64. The molecule has 13 heteroatoms. The number of hydrogen-bond acceptors (Lipinski definition) is 10. The molecule has 0 aromatic heterocycles. The van der Waals surface area contributed by atoms with Crippen LogP contribution in [0.5, 0.6) is 0 Å². The van der Waals surface area contributed by atoms with Crippen LogP contribution in [0.4, 0.5) is 17.1 Å². The highest BCUT2D eigenvalue weighted by Crippen LogP contribution is 2.37. The third kappa shape index (κ3) is 9.67. The van der Waals surface area contributed by atoms with Crippen molar-refractivity contribution >= 4 is 44.8 Å².